The lowest BCUT2D eigenvalue weighted by Crippen LogP contribution is -2.56. The number of hydrogen-bond donors (Lipinski definition) is 2. The lowest BCUT2D eigenvalue weighted by molar-refractivity contribution is 0.297. The zero-order valence-electron chi connectivity index (χ0n) is 16.2. The van der Waals surface area contributed by atoms with Crippen molar-refractivity contribution in [3.8, 4) is 6.19 Å². The van der Waals surface area contributed by atoms with Crippen LogP contribution in [0.2, 0.25) is 0 Å². The minimum Gasteiger partial charge on any atom is -0.352 e. The van der Waals surface area contributed by atoms with Gasteiger partial charge in [-0.25, -0.2) is 9.97 Å². The predicted molar refractivity (Wildman–Crippen MR) is 118 cm³/mol. The van der Waals surface area contributed by atoms with Gasteiger partial charge in [-0.1, -0.05) is 22.0 Å². The molecule has 2 aromatic heterocycles. The first-order valence-corrected chi connectivity index (χ1v) is 10.2. The van der Waals surface area contributed by atoms with Gasteiger partial charge in [0.2, 0.25) is 12.2 Å². The van der Waals surface area contributed by atoms with Crippen molar-refractivity contribution in [1.29, 1.82) is 5.26 Å². The first kappa shape index (κ1) is 19.2. The van der Waals surface area contributed by atoms with Gasteiger partial charge in [-0.3, -0.25) is 0 Å². The number of nitriles is 1. The highest BCUT2D eigenvalue weighted by Gasteiger charge is 2.28. The molecule has 1 aliphatic rings. The molecule has 9 heteroatoms. The number of nitrogens with zero attached hydrogens (tertiary/aromatic N) is 6. The van der Waals surface area contributed by atoms with E-state index in [-0.39, 0.29) is 6.04 Å². The topological polar surface area (TPSA) is 96.2 Å². The molecule has 0 saturated carbocycles. The molecule has 1 unspecified atom stereocenters. The van der Waals surface area contributed by atoms with E-state index in [4.69, 9.17) is 0 Å². The predicted octanol–water partition coefficient (Wildman–Crippen LogP) is 3.49. The summed E-state index contributed by atoms with van der Waals surface area (Å²) in [5.41, 5.74) is 2.86. The highest BCUT2D eigenvalue weighted by molar-refractivity contribution is 9.10. The third-order valence-corrected chi connectivity index (χ3v) is 5.58. The van der Waals surface area contributed by atoms with Crippen molar-refractivity contribution in [2.24, 2.45) is 4.99 Å². The monoisotopic (exact) mass is 452 g/mol. The fraction of sp³-hybridized carbons (Fsp3) is 0.300. The Bertz CT molecular complexity index is 1100. The summed E-state index contributed by atoms with van der Waals surface area (Å²) < 4.78 is 0.964. The number of rotatable bonds is 2. The molecule has 0 spiro atoms. The number of fused-ring (bicyclic) bond motifs is 1. The molecule has 3 aromatic rings. The second kappa shape index (κ2) is 8.09. The summed E-state index contributed by atoms with van der Waals surface area (Å²) in [7, 11) is 0. The summed E-state index contributed by atoms with van der Waals surface area (Å²) >= 11 is 3.48. The molecule has 1 fully saturated rings. The quantitative estimate of drug-likeness (QED) is 0.351. The van der Waals surface area contributed by atoms with Gasteiger partial charge in [0.25, 0.3) is 0 Å². The van der Waals surface area contributed by atoms with Gasteiger partial charge in [0.1, 0.15) is 17.8 Å². The van der Waals surface area contributed by atoms with Crippen molar-refractivity contribution in [2.45, 2.75) is 19.9 Å². The number of piperazine rings is 1. The number of aromatic amines is 1. The van der Waals surface area contributed by atoms with E-state index in [1.54, 1.807) is 6.33 Å². The Labute approximate surface area is 177 Å². The minimum atomic E-state index is 0.139. The third-order valence-electron chi connectivity index (χ3n) is 5.08. The molecule has 3 heterocycles. The van der Waals surface area contributed by atoms with Crippen molar-refractivity contribution in [1.82, 2.24) is 19.9 Å². The fourth-order valence-electron chi connectivity index (χ4n) is 3.71. The largest absolute Gasteiger partial charge is 0.352 e. The van der Waals surface area contributed by atoms with Crippen molar-refractivity contribution in [3.63, 3.8) is 0 Å². The maximum Gasteiger partial charge on any atom is 0.214 e. The SMILES string of the molecule is Cc1c[nH]c2ncnc(N3CCN(C(=NC#N)Nc4cccc(Br)c4)C(C)C3)c12. The molecule has 148 valence electrons. The fourth-order valence-corrected chi connectivity index (χ4v) is 4.11. The Kier molecular flexibility index (Phi) is 5.36. The van der Waals surface area contributed by atoms with Crippen LogP contribution in [-0.4, -0.2) is 51.5 Å². The molecular weight excluding hydrogens is 432 g/mol. The first-order chi connectivity index (χ1) is 14.1. The molecule has 0 bridgehead atoms. The number of guanidine groups is 1. The zero-order chi connectivity index (χ0) is 20.4. The smallest absolute Gasteiger partial charge is 0.214 e. The van der Waals surface area contributed by atoms with Gasteiger partial charge in [-0.05, 0) is 37.6 Å². The maximum absolute atomic E-state index is 9.20. The molecule has 8 nitrogen and oxygen atoms in total. The van der Waals surface area contributed by atoms with Crippen LogP contribution in [0.15, 0.2) is 46.3 Å². The number of nitrogens with one attached hydrogen (secondary N) is 2. The van der Waals surface area contributed by atoms with Crippen molar-refractivity contribution >= 4 is 44.4 Å². The molecule has 0 amide bonds. The summed E-state index contributed by atoms with van der Waals surface area (Å²) in [5.74, 6) is 1.50. The summed E-state index contributed by atoms with van der Waals surface area (Å²) in [4.78, 5) is 20.5. The number of anilines is 2. The number of aliphatic imine (C=N–C) groups is 1. The second-order valence-corrected chi connectivity index (χ2v) is 7.97. The molecule has 1 aliphatic heterocycles. The number of halogens is 1. The number of hydrogen-bond acceptors (Lipinski definition) is 5. The number of aromatic nitrogens is 3. The lowest BCUT2D eigenvalue weighted by atomic mass is 10.1. The van der Waals surface area contributed by atoms with E-state index in [0.717, 1.165) is 52.2 Å². The van der Waals surface area contributed by atoms with E-state index in [1.165, 1.54) is 0 Å². The number of H-pyrrole nitrogens is 1. The zero-order valence-corrected chi connectivity index (χ0v) is 17.8. The van der Waals surface area contributed by atoms with E-state index in [0.29, 0.717) is 5.96 Å². The van der Waals surface area contributed by atoms with Crippen LogP contribution in [-0.2, 0) is 0 Å². The molecule has 1 saturated heterocycles. The molecule has 29 heavy (non-hydrogen) atoms. The van der Waals surface area contributed by atoms with Crippen LogP contribution in [0.4, 0.5) is 11.5 Å². The number of aryl methyl sites for hydroxylation is 1. The normalized spacial score (nSPS) is 17.4. The molecule has 1 atom stereocenters. The average Bonchev–Trinajstić information content (AvgIpc) is 3.09. The van der Waals surface area contributed by atoms with Crippen LogP contribution in [0.1, 0.15) is 12.5 Å². The third kappa shape index (κ3) is 3.89. The first-order valence-electron chi connectivity index (χ1n) is 9.36. The van der Waals surface area contributed by atoms with Gasteiger partial charge in [0, 0.05) is 42.0 Å². The van der Waals surface area contributed by atoms with E-state index >= 15 is 0 Å². The van der Waals surface area contributed by atoms with Crippen LogP contribution < -0.4 is 10.2 Å². The van der Waals surface area contributed by atoms with Crippen LogP contribution in [0.25, 0.3) is 11.0 Å². The Hall–Kier alpha value is -3.12. The highest BCUT2D eigenvalue weighted by atomic mass is 79.9. The van der Waals surface area contributed by atoms with E-state index < -0.39 is 0 Å². The lowest BCUT2D eigenvalue weighted by Gasteiger charge is -2.41. The van der Waals surface area contributed by atoms with E-state index in [2.05, 4.69) is 64.8 Å². The van der Waals surface area contributed by atoms with Gasteiger partial charge in [-0.15, -0.1) is 4.99 Å². The second-order valence-electron chi connectivity index (χ2n) is 7.05. The average molecular weight is 453 g/mol. The van der Waals surface area contributed by atoms with Crippen LogP contribution >= 0.6 is 15.9 Å². The van der Waals surface area contributed by atoms with Gasteiger partial charge in [-0.2, -0.15) is 5.26 Å². The standard InChI is InChI=1S/C20H21BrN8/c1-13-9-23-18-17(13)19(26-12-25-18)28-6-7-29(14(2)10-28)20(24-11-22)27-16-5-3-4-15(21)8-16/h3-5,8-9,12,14H,6-7,10H2,1-2H3,(H,24,27)(H,23,25,26). The molecule has 2 N–H and O–H groups in total. The van der Waals surface area contributed by atoms with Gasteiger partial charge in [0.15, 0.2) is 0 Å². The minimum absolute atomic E-state index is 0.139. The maximum atomic E-state index is 9.20. The van der Waals surface area contributed by atoms with Crippen LogP contribution in [0.5, 0.6) is 0 Å². The van der Waals surface area contributed by atoms with Crippen molar-refractivity contribution in [2.75, 3.05) is 29.9 Å². The van der Waals surface area contributed by atoms with Crippen LogP contribution in [0.3, 0.4) is 0 Å². The highest BCUT2D eigenvalue weighted by Crippen LogP contribution is 2.28. The number of benzene rings is 1. The Morgan fingerprint density at radius 3 is 3.00 bits per heavy atom. The summed E-state index contributed by atoms with van der Waals surface area (Å²) in [6, 6.07) is 7.95. The van der Waals surface area contributed by atoms with Crippen LogP contribution in [0, 0.1) is 18.4 Å². The molecule has 4 rings (SSSR count). The summed E-state index contributed by atoms with van der Waals surface area (Å²) in [6.45, 7) is 6.44. The molecular formula is C20H21BrN8. The van der Waals surface area contributed by atoms with Crippen molar-refractivity contribution < 1.29 is 0 Å². The van der Waals surface area contributed by atoms with E-state index in [9.17, 15) is 5.26 Å². The molecule has 0 radical (unpaired) electrons. The Morgan fingerprint density at radius 1 is 1.38 bits per heavy atom. The van der Waals surface area contributed by atoms with Gasteiger partial charge < -0.3 is 20.1 Å². The summed E-state index contributed by atoms with van der Waals surface area (Å²) in [6.07, 6.45) is 5.48. The Balaban J connectivity index is 1.55. The molecule has 1 aromatic carbocycles. The Morgan fingerprint density at radius 2 is 2.24 bits per heavy atom. The van der Waals surface area contributed by atoms with Gasteiger partial charge >= 0.3 is 0 Å². The van der Waals surface area contributed by atoms with Crippen molar-refractivity contribution in [3.05, 3.63) is 46.8 Å². The molecule has 0 aliphatic carbocycles. The van der Waals surface area contributed by atoms with E-state index in [1.807, 2.05) is 36.7 Å². The van der Waals surface area contributed by atoms with Gasteiger partial charge in [0.05, 0.1) is 5.39 Å². The summed E-state index contributed by atoms with van der Waals surface area (Å²) in [5, 5.41) is 13.5.